The number of phenols is 1. The maximum absolute atomic E-state index is 9.98. The second-order valence-corrected chi connectivity index (χ2v) is 7.40. The summed E-state index contributed by atoms with van der Waals surface area (Å²) in [5.74, 6) is 1.28. The van der Waals surface area contributed by atoms with E-state index in [9.17, 15) is 5.11 Å². The summed E-state index contributed by atoms with van der Waals surface area (Å²) >= 11 is 7.84. The van der Waals surface area contributed by atoms with Crippen molar-refractivity contribution in [3.05, 3.63) is 53.1 Å². The molecule has 0 bridgehead atoms. The van der Waals surface area contributed by atoms with E-state index in [1.54, 1.807) is 12.1 Å². The maximum Gasteiger partial charge on any atom is 0.247 e. The van der Waals surface area contributed by atoms with E-state index in [2.05, 4.69) is 27.4 Å². The number of benzene rings is 2. The first-order chi connectivity index (χ1) is 13.2. The monoisotopic (exact) mass is 400 g/mol. The Hall–Kier alpha value is -2.51. The van der Waals surface area contributed by atoms with E-state index in [-0.39, 0.29) is 10.8 Å². The van der Waals surface area contributed by atoms with E-state index >= 15 is 0 Å². The summed E-state index contributed by atoms with van der Waals surface area (Å²) in [5.41, 5.74) is 2.85. The van der Waals surface area contributed by atoms with Gasteiger partial charge in [0.25, 0.3) is 0 Å². The molecule has 0 saturated carbocycles. The van der Waals surface area contributed by atoms with Gasteiger partial charge in [0.05, 0.1) is 5.02 Å². The van der Waals surface area contributed by atoms with E-state index < -0.39 is 6.23 Å². The highest BCUT2D eigenvalue weighted by Crippen LogP contribution is 2.41. The number of hydrogen-bond acceptors (Lipinski definition) is 7. The van der Waals surface area contributed by atoms with Crippen LogP contribution in [0.25, 0.3) is 11.3 Å². The number of phenolic OH excluding ortho intramolecular Hbond substituents is 1. The number of halogens is 1. The summed E-state index contributed by atoms with van der Waals surface area (Å²) in [6, 6.07) is 12.8. The molecular weight excluding hydrogens is 384 g/mol. The molecule has 0 spiro atoms. The number of ether oxygens (including phenoxy) is 1. The predicted molar refractivity (Wildman–Crippen MR) is 106 cm³/mol. The normalized spacial score (nSPS) is 15.1. The Morgan fingerprint density at radius 1 is 1.19 bits per heavy atom. The van der Waals surface area contributed by atoms with Crippen LogP contribution in [0, 0.1) is 0 Å². The van der Waals surface area contributed by atoms with Gasteiger partial charge in [-0.2, -0.15) is 4.98 Å². The average molecular weight is 401 g/mol. The number of hydrogen-bond donors (Lipinski definition) is 2. The number of para-hydroxylation sites is 1. The Morgan fingerprint density at radius 3 is 2.89 bits per heavy atom. The minimum atomic E-state index is -0.632. The minimum Gasteiger partial charge on any atom is -0.506 e. The van der Waals surface area contributed by atoms with E-state index in [0.29, 0.717) is 22.3 Å². The molecule has 4 rings (SSSR count). The maximum atomic E-state index is 9.98. The van der Waals surface area contributed by atoms with Crippen LogP contribution in [0.5, 0.6) is 11.6 Å². The number of anilines is 1. The molecule has 3 aromatic rings. The number of nitrogens with zero attached hydrogens (tertiary/aromatic N) is 3. The smallest absolute Gasteiger partial charge is 0.247 e. The third-order valence-corrected chi connectivity index (χ3v) is 5.51. The summed E-state index contributed by atoms with van der Waals surface area (Å²) in [6.45, 7) is 2.10. The van der Waals surface area contributed by atoms with E-state index in [4.69, 9.17) is 16.3 Å². The molecule has 0 unspecified atom stereocenters. The first-order valence-electron chi connectivity index (χ1n) is 8.55. The first kappa shape index (κ1) is 17.9. The lowest BCUT2D eigenvalue weighted by Gasteiger charge is -2.20. The van der Waals surface area contributed by atoms with Gasteiger partial charge in [0, 0.05) is 22.6 Å². The largest absolute Gasteiger partial charge is 0.506 e. The van der Waals surface area contributed by atoms with Gasteiger partial charge >= 0.3 is 0 Å². The Kier molecular flexibility index (Phi) is 5.05. The van der Waals surface area contributed by atoms with Crippen molar-refractivity contribution in [1.29, 1.82) is 0 Å². The SMILES string of the molecule is CCCSc1nnc2c(n1)O[C@H](c1cccc(O)c1Cl)Nc1ccccc1-2. The lowest BCUT2D eigenvalue weighted by atomic mass is 10.1. The second-order valence-electron chi connectivity index (χ2n) is 5.96. The van der Waals surface area contributed by atoms with Crippen molar-refractivity contribution in [3.63, 3.8) is 0 Å². The van der Waals surface area contributed by atoms with Crippen LogP contribution in [0.2, 0.25) is 5.02 Å². The molecule has 1 atom stereocenters. The Balaban J connectivity index is 1.82. The van der Waals surface area contributed by atoms with E-state index in [1.165, 1.54) is 17.8 Å². The van der Waals surface area contributed by atoms with Gasteiger partial charge in [0.15, 0.2) is 11.9 Å². The molecular formula is C19H17ClN4O2S. The fourth-order valence-corrected chi connectivity index (χ4v) is 3.64. The first-order valence-corrected chi connectivity index (χ1v) is 9.91. The highest BCUT2D eigenvalue weighted by atomic mass is 35.5. The molecule has 2 aromatic carbocycles. The molecule has 27 heavy (non-hydrogen) atoms. The third kappa shape index (κ3) is 3.52. The zero-order valence-corrected chi connectivity index (χ0v) is 16.1. The van der Waals surface area contributed by atoms with Crippen molar-refractivity contribution in [2.75, 3.05) is 11.1 Å². The quantitative estimate of drug-likeness (QED) is 0.602. The van der Waals surface area contributed by atoms with Crippen molar-refractivity contribution in [2.24, 2.45) is 0 Å². The van der Waals surface area contributed by atoms with Crippen molar-refractivity contribution < 1.29 is 9.84 Å². The molecule has 0 saturated heterocycles. The molecule has 8 heteroatoms. The van der Waals surface area contributed by atoms with Crippen LogP contribution in [0.15, 0.2) is 47.6 Å². The second kappa shape index (κ2) is 7.62. The van der Waals surface area contributed by atoms with Gasteiger partial charge in [0.2, 0.25) is 11.0 Å². The molecule has 2 N–H and O–H groups in total. The molecule has 1 aliphatic heterocycles. The van der Waals surface area contributed by atoms with Gasteiger partial charge in [0.1, 0.15) is 5.75 Å². The van der Waals surface area contributed by atoms with Gasteiger partial charge < -0.3 is 15.2 Å². The Labute approximate surface area is 166 Å². The number of fused-ring (bicyclic) bond motifs is 3. The van der Waals surface area contributed by atoms with Crippen LogP contribution >= 0.6 is 23.4 Å². The number of rotatable bonds is 4. The average Bonchev–Trinajstić information content (AvgIpc) is 2.84. The molecule has 0 radical (unpaired) electrons. The van der Waals surface area contributed by atoms with Crippen LogP contribution in [-0.2, 0) is 0 Å². The zero-order valence-electron chi connectivity index (χ0n) is 14.5. The van der Waals surface area contributed by atoms with Crippen molar-refractivity contribution in [2.45, 2.75) is 24.7 Å². The minimum absolute atomic E-state index is 0.00248. The number of aromatic hydroxyl groups is 1. The van der Waals surface area contributed by atoms with Crippen molar-refractivity contribution in [3.8, 4) is 22.9 Å². The topological polar surface area (TPSA) is 80.2 Å². The van der Waals surface area contributed by atoms with Crippen LogP contribution in [-0.4, -0.2) is 26.0 Å². The molecule has 1 aromatic heterocycles. The standard InChI is InChI=1S/C19H17ClN4O2S/c1-2-10-27-19-22-18-16(23-24-19)11-6-3-4-8-13(11)21-17(26-18)12-7-5-9-14(25)15(12)20/h3-9,17,21,25H,2,10H2,1H3/t17-/m1/s1. The van der Waals surface area contributed by atoms with Gasteiger partial charge in [-0.25, -0.2) is 0 Å². The van der Waals surface area contributed by atoms with E-state index in [0.717, 1.165) is 23.4 Å². The van der Waals surface area contributed by atoms with Gasteiger partial charge in [-0.1, -0.05) is 60.6 Å². The van der Waals surface area contributed by atoms with Gasteiger partial charge in [-0.3, -0.25) is 0 Å². The molecule has 0 aliphatic carbocycles. The lowest BCUT2D eigenvalue weighted by Crippen LogP contribution is -2.17. The fourth-order valence-electron chi connectivity index (χ4n) is 2.78. The number of nitrogens with one attached hydrogen (secondary N) is 1. The molecule has 1 aliphatic rings. The van der Waals surface area contributed by atoms with Crippen LogP contribution < -0.4 is 10.1 Å². The zero-order chi connectivity index (χ0) is 18.8. The molecule has 138 valence electrons. The highest BCUT2D eigenvalue weighted by Gasteiger charge is 2.27. The van der Waals surface area contributed by atoms with Gasteiger partial charge in [-0.15, -0.1) is 10.2 Å². The lowest BCUT2D eigenvalue weighted by molar-refractivity contribution is 0.225. The number of aromatic nitrogens is 3. The Morgan fingerprint density at radius 2 is 2.04 bits per heavy atom. The third-order valence-electron chi connectivity index (χ3n) is 4.06. The van der Waals surface area contributed by atoms with E-state index in [1.807, 2.05) is 24.3 Å². The summed E-state index contributed by atoms with van der Waals surface area (Å²) in [5, 5.41) is 22.7. The highest BCUT2D eigenvalue weighted by molar-refractivity contribution is 7.99. The molecule has 0 amide bonds. The summed E-state index contributed by atoms with van der Waals surface area (Å²) in [4.78, 5) is 4.56. The summed E-state index contributed by atoms with van der Waals surface area (Å²) in [6.07, 6.45) is 0.380. The fraction of sp³-hybridized carbons (Fsp3) is 0.211. The van der Waals surface area contributed by atoms with Crippen LogP contribution in [0.4, 0.5) is 5.69 Å². The molecule has 2 heterocycles. The molecule has 6 nitrogen and oxygen atoms in total. The van der Waals surface area contributed by atoms with Gasteiger partial charge in [-0.05, 0) is 18.6 Å². The van der Waals surface area contributed by atoms with Crippen LogP contribution in [0.1, 0.15) is 25.1 Å². The van der Waals surface area contributed by atoms with Crippen molar-refractivity contribution in [1.82, 2.24) is 15.2 Å². The summed E-state index contributed by atoms with van der Waals surface area (Å²) in [7, 11) is 0. The summed E-state index contributed by atoms with van der Waals surface area (Å²) < 4.78 is 6.15. The number of thioether (sulfide) groups is 1. The predicted octanol–water partition coefficient (Wildman–Crippen LogP) is 4.90. The Bertz CT molecular complexity index is 986. The van der Waals surface area contributed by atoms with Crippen molar-refractivity contribution >= 4 is 29.1 Å². The van der Waals surface area contributed by atoms with Crippen LogP contribution in [0.3, 0.4) is 0 Å². The molecule has 0 fully saturated rings.